The molecule has 1 fully saturated rings. The van der Waals surface area contributed by atoms with Crippen molar-refractivity contribution in [2.24, 2.45) is 24.8 Å². The Morgan fingerprint density at radius 1 is 1.50 bits per heavy atom. The van der Waals surface area contributed by atoms with Crippen LogP contribution < -0.4 is 0 Å². The number of hydrogen-bond donors (Lipinski definition) is 1. The molecule has 0 aliphatic heterocycles. The molecule has 1 aromatic heterocycles. The number of carboxylic acid groups (broad SMARTS) is 1. The van der Waals surface area contributed by atoms with Crippen LogP contribution in [0, 0.1) is 17.8 Å². The Balaban J connectivity index is 2.25. The molecule has 5 nitrogen and oxygen atoms in total. The van der Waals surface area contributed by atoms with Crippen LogP contribution in [-0.4, -0.2) is 26.1 Å². The molecule has 0 bridgehead atoms. The van der Waals surface area contributed by atoms with Crippen LogP contribution in [0.3, 0.4) is 0 Å². The van der Waals surface area contributed by atoms with Gasteiger partial charge in [0.05, 0.1) is 17.8 Å². The van der Waals surface area contributed by atoms with Crippen molar-refractivity contribution in [2.75, 3.05) is 0 Å². The topological polar surface area (TPSA) is 68.0 Å². The van der Waals surface area contributed by atoms with Crippen LogP contribution in [0.4, 0.5) is 0 Å². The van der Waals surface area contributed by atoms with Gasteiger partial charge in [0.2, 0.25) is 0 Å². The number of aryl methyl sites for hydroxylation is 1. The lowest BCUT2D eigenvalue weighted by atomic mass is 9.69. The van der Waals surface area contributed by atoms with Gasteiger partial charge in [-0.15, -0.1) is 5.10 Å². The van der Waals surface area contributed by atoms with Crippen molar-refractivity contribution in [1.82, 2.24) is 15.0 Å². The Morgan fingerprint density at radius 2 is 2.22 bits per heavy atom. The number of carbonyl (C=O) groups is 1. The van der Waals surface area contributed by atoms with Crippen molar-refractivity contribution in [3.05, 3.63) is 11.9 Å². The van der Waals surface area contributed by atoms with Gasteiger partial charge < -0.3 is 5.11 Å². The number of carboxylic acids is 1. The first kappa shape index (κ1) is 13.1. The molecule has 0 saturated heterocycles. The van der Waals surface area contributed by atoms with Gasteiger partial charge in [0.15, 0.2) is 0 Å². The molecular weight excluding hydrogens is 230 g/mol. The summed E-state index contributed by atoms with van der Waals surface area (Å²) in [5, 5.41) is 17.2. The molecule has 100 valence electrons. The average molecular weight is 251 g/mol. The van der Waals surface area contributed by atoms with Crippen LogP contribution in [0.1, 0.15) is 44.7 Å². The van der Waals surface area contributed by atoms with Crippen molar-refractivity contribution >= 4 is 5.97 Å². The SMILES string of the molecule is CC(C)C1CCC(C(=O)O)C(c2cnnn2C)C1. The van der Waals surface area contributed by atoms with Gasteiger partial charge in [-0.2, -0.15) is 0 Å². The van der Waals surface area contributed by atoms with Crippen molar-refractivity contribution in [3.8, 4) is 0 Å². The molecule has 1 aliphatic carbocycles. The maximum Gasteiger partial charge on any atom is 0.307 e. The predicted octanol–water partition coefficient (Wildman–Crippen LogP) is 2.06. The monoisotopic (exact) mass is 251 g/mol. The van der Waals surface area contributed by atoms with Crippen LogP contribution >= 0.6 is 0 Å². The Labute approximate surface area is 107 Å². The summed E-state index contributed by atoms with van der Waals surface area (Å²) in [6, 6.07) is 0. The van der Waals surface area contributed by atoms with Crippen molar-refractivity contribution in [3.63, 3.8) is 0 Å². The quantitative estimate of drug-likeness (QED) is 0.892. The summed E-state index contributed by atoms with van der Waals surface area (Å²) in [5.74, 6) is 0.258. The zero-order chi connectivity index (χ0) is 13.3. The fourth-order valence-electron chi connectivity index (χ4n) is 3.06. The van der Waals surface area contributed by atoms with Gasteiger partial charge in [-0.3, -0.25) is 9.48 Å². The third kappa shape index (κ3) is 2.40. The standard InChI is InChI=1S/C13H21N3O2/c1-8(2)9-4-5-10(13(17)18)11(6-9)12-7-14-15-16(12)3/h7-11H,4-6H2,1-3H3,(H,17,18). The first-order valence-corrected chi connectivity index (χ1v) is 6.58. The highest BCUT2D eigenvalue weighted by Gasteiger charge is 2.38. The van der Waals surface area contributed by atoms with Gasteiger partial charge in [0.1, 0.15) is 0 Å². The Kier molecular flexibility index (Phi) is 3.68. The summed E-state index contributed by atoms with van der Waals surface area (Å²) >= 11 is 0. The number of rotatable bonds is 3. The normalized spacial score (nSPS) is 28.6. The average Bonchev–Trinajstić information content (AvgIpc) is 2.74. The van der Waals surface area contributed by atoms with E-state index in [1.165, 1.54) is 0 Å². The van der Waals surface area contributed by atoms with E-state index in [9.17, 15) is 9.90 Å². The van der Waals surface area contributed by atoms with E-state index >= 15 is 0 Å². The van der Waals surface area contributed by atoms with E-state index in [4.69, 9.17) is 0 Å². The van der Waals surface area contributed by atoms with Crippen LogP contribution in [-0.2, 0) is 11.8 Å². The maximum atomic E-state index is 11.4. The highest BCUT2D eigenvalue weighted by molar-refractivity contribution is 5.71. The molecule has 0 amide bonds. The maximum absolute atomic E-state index is 11.4. The second-order valence-electron chi connectivity index (χ2n) is 5.65. The zero-order valence-corrected chi connectivity index (χ0v) is 11.2. The molecule has 1 saturated carbocycles. The summed E-state index contributed by atoms with van der Waals surface area (Å²) in [6.07, 6.45) is 4.41. The van der Waals surface area contributed by atoms with Crippen molar-refractivity contribution < 1.29 is 9.90 Å². The summed E-state index contributed by atoms with van der Waals surface area (Å²) < 4.78 is 1.71. The van der Waals surface area contributed by atoms with Gasteiger partial charge in [-0.05, 0) is 31.1 Å². The molecule has 1 N–H and O–H groups in total. The minimum atomic E-state index is -0.691. The molecule has 1 aliphatic rings. The van der Waals surface area contributed by atoms with Gasteiger partial charge in [0, 0.05) is 13.0 Å². The van der Waals surface area contributed by atoms with Crippen LogP contribution in [0.5, 0.6) is 0 Å². The van der Waals surface area contributed by atoms with E-state index in [2.05, 4.69) is 24.2 Å². The van der Waals surface area contributed by atoms with E-state index in [0.29, 0.717) is 11.8 Å². The van der Waals surface area contributed by atoms with E-state index < -0.39 is 5.97 Å². The van der Waals surface area contributed by atoms with Crippen molar-refractivity contribution in [2.45, 2.75) is 39.0 Å². The minimum absolute atomic E-state index is 0.0450. The number of aliphatic carboxylic acids is 1. The fraction of sp³-hybridized carbons (Fsp3) is 0.769. The second-order valence-corrected chi connectivity index (χ2v) is 5.65. The van der Waals surface area contributed by atoms with Crippen LogP contribution in [0.15, 0.2) is 6.20 Å². The summed E-state index contributed by atoms with van der Waals surface area (Å²) in [4.78, 5) is 11.4. The van der Waals surface area contributed by atoms with Crippen LogP contribution in [0.25, 0.3) is 0 Å². The highest BCUT2D eigenvalue weighted by atomic mass is 16.4. The zero-order valence-electron chi connectivity index (χ0n) is 11.2. The molecular formula is C13H21N3O2. The Bertz CT molecular complexity index is 428. The molecule has 0 aromatic carbocycles. The van der Waals surface area contributed by atoms with Gasteiger partial charge >= 0.3 is 5.97 Å². The van der Waals surface area contributed by atoms with Gasteiger partial charge in [0.25, 0.3) is 0 Å². The van der Waals surface area contributed by atoms with E-state index in [-0.39, 0.29) is 11.8 Å². The van der Waals surface area contributed by atoms with E-state index in [0.717, 1.165) is 25.0 Å². The fourth-order valence-corrected chi connectivity index (χ4v) is 3.06. The molecule has 5 heteroatoms. The van der Waals surface area contributed by atoms with Gasteiger partial charge in [-0.1, -0.05) is 19.1 Å². The number of hydrogen-bond acceptors (Lipinski definition) is 3. The Morgan fingerprint density at radius 3 is 2.72 bits per heavy atom. The third-order valence-electron chi connectivity index (χ3n) is 4.28. The number of nitrogens with zero attached hydrogens (tertiary/aromatic N) is 3. The highest BCUT2D eigenvalue weighted by Crippen LogP contribution is 2.42. The Hall–Kier alpha value is -1.39. The molecule has 1 heterocycles. The summed E-state index contributed by atoms with van der Waals surface area (Å²) in [5.41, 5.74) is 0.952. The lowest BCUT2D eigenvalue weighted by molar-refractivity contribution is -0.144. The number of aromatic nitrogens is 3. The lowest BCUT2D eigenvalue weighted by Crippen LogP contribution is -2.32. The second kappa shape index (κ2) is 5.08. The van der Waals surface area contributed by atoms with E-state index in [1.54, 1.807) is 10.9 Å². The molecule has 0 spiro atoms. The minimum Gasteiger partial charge on any atom is -0.481 e. The van der Waals surface area contributed by atoms with Crippen LogP contribution in [0.2, 0.25) is 0 Å². The summed E-state index contributed by atoms with van der Waals surface area (Å²) in [6.45, 7) is 4.43. The molecule has 3 unspecified atom stereocenters. The predicted molar refractivity (Wildman–Crippen MR) is 67.0 cm³/mol. The molecule has 0 radical (unpaired) electrons. The molecule has 1 aromatic rings. The molecule has 3 atom stereocenters. The molecule has 2 rings (SSSR count). The first-order valence-electron chi connectivity index (χ1n) is 6.58. The van der Waals surface area contributed by atoms with Gasteiger partial charge in [-0.25, -0.2) is 0 Å². The third-order valence-corrected chi connectivity index (χ3v) is 4.28. The smallest absolute Gasteiger partial charge is 0.307 e. The largest absolute Gasteiger partial charge is 0.481 e. The summed E-state index contributed by atoms with van der Waals surface area (Å²) in [7, 11) is 1.83. The first-order chi connectivity index (χ1) is 8.50. The molecule has 18 heavy (non-hydrogen) atoms. The van der Waals surface area contributed by atoms with Crippen molar-refractivity contribution in [1.29, 1.82) is 0 Å². The lowest BCUT2D eigenvalue weighted by Gasteiger charge is -2.35. The van der Waals surface area contributed by atoms with E-state index in [1.807, 2.05) is 7.05 Å².